The third kappa shape index (κ3) is 3.53. The van der Waals surface area contributed by atoms with Crippen molar-refractivity contribution in [1.82, 2.24) is 4.31 Å². The van der Waals surface area contributed by atoms with Crippen LogP contribution in [0, 0.1) is 18.7 Å². The van der Waals surface area contributed by atoms with Crippen LogP contribution < -0.4 is 5.73 Å². The Morgan fingerprint density at radius 1 is 1.48 bits per heavy atom. The number of nitrogens with zero attached hydrogens (tertiary/aromatic N) is 1. The highest BCUT2D eigenvalue weighted by atomic mass is 32.2. The van der Waals surface area contributed by atoms with Gasteiger partial charge in [-0.1, -0.05) is 0 Å². The molecule has 1 atom stereocenters. The van der Waals surface area contributed by atoms with E-state index in [0.29, 0.717) is 18.7 Å². The normalized spacial score (nSPS) is 19.9. The first kappa shape index (κ1) is 16.2. The van der Waals surface area contributed by atoms with Crippen molar-refractivity contribution < 1.29 is 17.5 Å². The molecule has 0 bridgehead atoms. The van der Waals surface area contributed by atoms with Gasteiger partial charge in [-0.25, -0.2) is 17.1 Å². The fraction of sp³-hybridized carbons (Fsp3) is 0.571. The van der Waals surface area contributed by atoms with Crippen LogP contribution in [-0.4, -0.2) is 39.5 Å². The Bertz CT molecular complexity index is 613. The Kier molecular flexibility index (Phi) is 4.85. The van der Waals surface area contributed by atoms with E-state index in [2.05, 4.69) is 0 Å². The summed E-state index contributed by atoms with van der Waals surface area (Å²) in [5.74, 6) is -0.627. The highest BCUT2D eigenvalue weighted by Crippen LogP contribution is 2.25. The van der Waals surface area contributed by atoms with E-state index in [-0.39, 0.29) is 16.5 Å². The van der Waals surface area contributed by atoms with Crippen molar-refractivity contribution in [3.05, 3.63) is 23.5 Å². The number of halogens is 1. The molecular weight excluding hydrogens is 295 g/mol. The van der Waals surface area contributed by atoms with Gasteiger partial charge in [-0.15, -0.1) is 0 Å². The summed E-state index contributed by atoms with van der Waals surface area (Å²) in [4.78, 5) is -0.371. The molecule has 0 spiro atoms. The highest BCUT2D eigenvalue weighted by Gasteiger charge is 2.28. The topological polar surface area (TPSA) is 72.6 Å². The average molecular weight is 316 g/mol. The van der Waals surface area contributed by atoms with Crippen molar-refractivity contribution in [2.45, 2.75) is 24.7 Å². The lowest BCUT2D eigenvalue weighted by atomic mass is 10.0. The Morgan fingerprint density at radius 2 is 2.19 bits per heavy atom. The van der Waals surface area contributed by atoms with Gasteiger partial charge in [0.25, 0.3) is 0 Å². The SMILES string of the molecule is Cc1cc(F)c(S(=O)(=O)N(C)CC2CCCOC2)cc1N. The average Bonchev–Trinajstić information content (AvgIpc) is 2.43. The highest BCUT2D eigenvalue weighted by molar-refractivity contribution is 7.89. The molecule has 1 unspecified atom stereocenters. The summed E-state index contributed by atoms with van der Waals surface area (Å²) in [6, 6.07) is 2.34. The van der Waals surface area contributed by atoms with E-state index in [0.717, 1.165) is 25.5 Å². The molecule has 1 heterocycles. The van der Waals surface area contributed by atoms with Crippen LogP contribution in [0.25, 0.3) is 0 Å². The number of benzene rings is 1. The van der Waals surface area contributed by atoms with Gasteiger partial charge < -0.3 is 10.5 Å². The van der Waals surface area contributed by atoms with Crippen LogP contribution in [-0.2, 0) is 14.8 Å². The van der Waals surface area contributed by atoms with Gasteiger partial charge in [0.1, 0.15) is 10.7 Å². The number of nitrogen functional groups attached to an aromatic ring is 1. The molecule has 1 fully saturated rings. The number of aryl methyl sites for hydroxylation is 1. The fourth-order valence-corrected chi connectivity index (χ4v) is 3.77. The zero-order chi connectivity index (χ0) is 15.6. The summed E-state index contributed by atoms with van der Waals surface area (Å²) in [6.45, 7) is 3.21. The first-order chi connectivity index (χ1) is 9.82. The fourth-order valence-electron chi connectivity index (χ4n) is 2.45. The molecule has 5 nitrogen and oxygen atoms in total. The number of hydrogen-bond acceptors (Lipinski definition) is 4. The molecule has 7 heteroatoms. The second-order valence-corrected chi connectivity index (χ2v) is 7.52. The van der Waals surface area contributed by atoms with E-state index in [1.54, 1.807) is 6.92 Å². The Hall–Kier alpha value is -1.18. The van der Waals surface area contributed by atoms with E-state index in [9.17, 15) is 12.8 Å². The lowest BCUT2D eigenvalue weighted by Crippen LogP contribution is -2.35. The van der Waals surface area contributed by atoms with Crippen LogP contribution in [0.2, 0.25) is 0 Å². The monoisotopic (exact) mass is 316 g/mol. The van der Waals surface area contributed by atoms with Crippen molar-refractivity contribution in [1.29, 1.82) is 0 Å². The van der Waals surface area contributed by atoms with Gasteiger partial charge in [-0.3, -0.25) is 0 Å². The van der Waals surface area contributed by atoms with Crippen LogP contribution in [0.4, 0.5) is 10.1 Å². The van der Waals surface area contributed by atoms with E-state index < -0.39 is 15.8 Å². The molecule has 0 radical (unpaired) electrons. The van der Waals surface area contributed by atoms with Crippen LogP contribution in [0.5, 0.6) is 0 Å². The summed E-state index contributed by atoms with van der Waals surface area (Å²) >= 11 is 0. The minimum atomic E-state index is -3.89. The van der Waals surface area contributed by atoms with E-state index in [1.807, 2.05) is 0 Å². The van der Waals surface area contributed by atoms with Crippen LogP contribution >= 0.6 is 0 Å². The molecule has 0 aliphatic carbocycles. The van der Waals surface area contributed by atoms with Gasteiger partial charge in [0.15, 0.2) is 0 Å². The maximum absolute atomic E-state index is 14.0. The molecule has 1 aliphatic heterocycles. The molecule has 0 saturated carbocycles. The predicted molar refractivity (Wildman–Crippen MR) is 78.9 cm³/mol. The molecule has 1 aromatic rings. The molecule has 118 valence electrons. The molecule has 0 amide bonds. The molecular formula is C14H21FN2O3S. The van der Waals surface area contributed by atoms with Gasteiger partial charge in [0.2, 0.25) is 10.0 Å². The summed E-state index contributed by atoms with van der Waals surface area (Å²) < 4.78 is 45.5. The first-order valence-electron chi connectivity index (χ1n) is 6.92. The summed E-state index contributed by atoms with van der Waals surface area (Å²) in [5.41, 5.74) is 6.49. The number of nitrogens with two attached hydrogens (primary N) is 1. The van der Waals surface area contributed by atoms with Crippen LogP contribution in [0.3, 0.4) is 0 Å². The molecule has 1 aromatic carbocycles. The quantitative estimate of drug-likeness (QED) is 0.859. The predicted octanol–water partition coefficient (Wildman–Crippen LogP) is 1.76. The molecule has 1 aliphatic rings. The second kappa shape index (κ2) is 6.29. The van der Waals surface area contributed by atoms with Crippen molar-refractivity contribution in [3.8, 4) is 0 Å². The van der Waals surface area contributed by atoms with E-state index in [4.69, 9.17) is 10.5 Å². The number of anilines is 1. The summed E-state index contributed by atoms with van der Waals surface area (Å²) in [5, 5.41) is 0. The van der Waals surface area contributed by atoms with Crippen molar-refractivity contribution >= 4 is 15.7 Å². The Balaban J connectivity index is 2.22. The van der Waals surface area contributed by atoms with Gasteiger partial charge in [0.05, 0.1) is 6.61 Å². The zero-order valence-electron chi connectivity index (χ0n) is 12.3. The van der Waals surface area contributed by atoms with Crippen molar-refractivity contribution in [2.75, 3.05) is 32.5 Å². The third-order valence-electron chi connectivity index (χ3n) is 3.78. The molecule has 0 aromatic heterocycles. The molecule has 2 N–H and O–H groups in total. The lowest BCUT2D eigenvalue weighted by molar-refractivity contribution is 0.0495. The Labute approximate surface area is 124 Å². The van der Waals surface area contributed by atoms with E-state index >= 15 is 0 Å². The lowest BCUT2D eigenvalue weighted by Gasteiger charge is -2.27. The molecule has 2 rings (SSSR count). The Morgan fingerprint density at radius 3 is 2.81 bits per heavy atom. The molecule has 1 saturated heterocycles. The van der Waals surface area contributed by atoms with Crippen molar-refractivity contribution in [3.63, 3.8) is 0 Å². The van der Waals surface area contributed by atoms with E-state index in [1.165, 1.54) is 17.4 Å². The second-order valence-electron chi connectivity index (χ2n) is 5.51. The summed E-state index contributed by atoms with van der Waals surface area (Å²) in [6.07, 6.45) is 1.84. The van der Waals surface area contributed by atoms with Crippen LogP contribution in [0.15, 0.2) is 17.0 Å². The molecule has 21 heavy (non-hydrogen) atoms. The van der Waals surface area contributed by atoms with Gasteiger partial charge in [-0.2, -0.15) is 0 Å². The number of ether oxygens (including phenoxy) is 1. The largest absolute Gasteiger partial charge is 0.398 e. The smallest absolute Gasteiger partial charge is 0.245 e. The first-order valence-corrected chi connectivity index (χ1v) is 8.36. The number of rotatable bonds is 4. The maximum atomic E-state index is 14.0. The standard InChI is InChI=1S/C14H21FN2O3S/c1-10-6-12(15)14(7-13(10)16)21(18,19)17(2)8-11-4-3-5-20-9-11/h6-7,11H,3-5,8-9,16H2,1-2H3. The minimum absolute atomic E-state index is 0.143. The zero-order valence-corrected chi connectivity index (χ0v) is 13.1. The van der Waals surface area contributed by atoms with Gasteiger partial charge in [0, 0.05) is 25.9 Å². The van der Waals surface area contributed by atoms with Gasteiger partial charge >= 0.3 is 0 Å². The summed E-state index contributed by atoms with van der Waals surface area (Å²) in [7, 11) is -2.43. The number of hydrogen-bond donors (Lipinski definition) is 1. The maximum Gasteiger partial charge on any atom is 0.245 e. The van der Waals surface area contributed by atoms with Gasteiger partial charge in [-0.05, 0) is 43.4 Å². The third-order valence-corrected chi connectivity index (χ3v) is 5.62. The minimum Gasteiger partial charge on any atom is -0.398 e. The van der Waals surface area contributed by atoms with Crippen molar-refractivity contribution in [2.24, 2.45) is 5.92 Å². The van der Waals surface area contributed by atoms with Crippen LogP contribution in [0.1, 0.15) is 18.4 Å². The number of sulfonamides is 1.